The van der Waals surface area contributed by atoms with Crippen LogP contribution in [-0.2, 0) is 13.2 Å². The number of nitrogens with zero attached hydrogens (tertiary/aromatic N) is 2. The monoisotopic (exact) mass is 381 g/mol. The fraction of sp³-hybridized carbons (Fsp3) is 0.238. The molecule has 27 heavy (non-hydrogen) atoms. The second-order valence-electron chi connectivity index (χ2n) is 6.24. The number of urea groups is 1. The number of hydrogen-bond acceptors (Lipinski definition) is 4. The third kappa shape index (κ3) is 5.31. The van der Waals surface area contributed by atoms with Crippen LogP contribution in [0.1, 0.15) is 29.0 Å². The number of nitrogens with one attached hydrogen (secondary N) is 1. The maximum absolute atomic E-state index is 12.4. The first-order chi connectivity index (χ1) is 13.1. The molecule has 0 aliphatic rings. The van der Waals surface area contributed by atoms with Gasteiger partial charge in [0, 0.05) is 30.7 Å². The van der Waals surface area contributed by atoms with E-state index in [9.17, 15) is 4.79 Å². The molecule has 140 valence electrons. The molecule has 6 heteroatoms. The number of aromatic nitrogens is 1. The highest BCUT2D eigenvalue weighted by Crippen LogP contribution is 2.23. The number of benzene rings is 1. The zero-order valence-electron chi connectivity index (χ0n) is 15.5. The highest BCUT2D eigenvalue weighted by molar-refractivity contribution is 7.10. The largest absolute Gasteiger partial charge is 0.473 e. The summed E-state index contributed by atoms with van der Waals surface area (Å²) >= 11 is 1.65. The van der Waals surface area contributed by atoms with Crippen LogP contribution in [0.15, 0.2) is 66.2 Å². The van der Waals surface area contributed by atoms with Crippen LogP contribution in [-0.4, -0.2) is 23.0 Å². The van der Waals surface area contributed by atoms with Crippen molar-refractivity contribution in [3.05, 3.63) is 82.2 Å². The Labute approximate surface area is 163 Å². The molecule has 2 aromatic heterocycles. The van der Waals surface area contributed by atoms with Gasteiger partial charge in [-0.2, -0.15) is 0 Å². The van der Waals surface area contributed by atoms with Crippen molar-refractivity contribution in [1.29, 1.82) is 0 Å². The molecular weight excluding hydrogens is 358 g/mol. The number of carbonyl (C=O) groups is 1. The first-order valence-corrected chi connectivity index (χ1v) is 9.67. The van der Waals surface area contributed by atoms with Crippen LogP contribution in [0.5, 0.6) is 5.88 Å². The van der Waals surface area contributed by atoms with Gasteiger partial charge < -0.3 is 15.0 Å². The second-order valence-corrected chi connectivity index (χ2v) is 7.22. The maximum Gasteiger partial charge on any atom is 0.317 e. The molecule has 0 saturated carbocycles. The molecule has 3 rings (SSSR count). The molecule has 5 nitrogen and oxygen atoms in total. The molecule has 1 unspecified atom stereocenters. The van der Waals surface area contributed by atoms with E-state index < -0.39 is 0 Å². The average molecular weight is 382 g/mol. The van der Waals surface area contributed by atoms with Crippen LogP contribution >= 0.6 is 11.3 Å². The Morgan fingerprint density at radius 1 is 1.19 bits per heavy atom. The van der Waals surface area contributed by atoms with Gasteiger partial charge in [0.1, 0.15) is 6.61 Å². The average Bonchev–Trinajstić information content (AvgIpc) is 3.25. The molecule has 0 saturated heterocycles. The first kappa shape index (κ1) is 18.9. The van der Waals surface area contributed by atoms with Crippen LogP contribution in [0.3, 0.4) is 0 Å². The fourth-order valence-corrected chi connectivity index (χ4v) is 3.40. The fourth-order valence-electron chi connectivity index (χ4n) is 2.57. The molecule has 1 aromatic carbocycles. The number of carbonyl (C=O) groups excluding carboxylic acids is 1. The zero-order valence-corrected chi connectivity index (χ0v) is 16.3. The third-order valence-electron chi connectivity index (χ3n) is 4.33. The van der Waals surface area contributed by atoms with Gasteiger partial charge in [-0.15, -0.1) is 11.3 Å². The molecule has 0 fully saturated rings. The van der Waals surface area contributed by atoms with Crippen molar-refractivity contribution in [2.24, 2.45) is 0 Å². The summed E-state index contributed by atoms with van der Waals surface area (Å²) in [5, 5.41) is 4.97. The van der Waals surface area contributed by atoms with Crippen LogP contribution in [0.2, 0.25) is 0 Å². The molecule has 0 radical (unpaired) electrons. The summed E-state index contributed by atoms with van der Waals surface area (Å²) in [5.41, 5.74) is 2.03. The lowest BCUT2D eigenvalue weighted by Gasteiger charge is -2.24. The lowest BCUT2D eigenvalue weighted by atomic mass is 10.2. The molecule has 1 N–H and O–H groups in total. The van der Waals surface area contributed by atoms with Gasteiger partial charge >= 0.3 is 6.03 Å². The maximum atomic E-state index is 12.4. The first-order valence-electron chi connectivity index (χ1n) is 8.79. The molecule has 2 heterocycles. The van der Waals surface area contributed by atoms with Crippen LogP contribution in [0.25, 0.3) is 0 Å². The Morgan fingerprint density at radius 2 is 2.00 bits per heavy atom. The number of ether oxygens (including phenoxy) is 1. The Kier molecular flexibility index (Phi) is 6.44. The molecule has 0 bridgehead atoms. The van der Waals surface area contributed by atoms with Crippen LogP contribution in [0, 0.1) is 0 Å². The van der Waals surface area contributed by atoms with Crippen molar-refractivity contribution in [3.63, 3.8) is 0 Å². The van der Waals surface area contributed by atoms with Crippen molar-refractivity contribution < 1.29 is 9.53 Å². The predicted octanol–water partition coefficient (Wildman–Crippen LogP) is 4.62. The minimum Gasteiger partial charge on any atom is -0.473 e. The number of pyridine rings is 1. The quantitative estimate of drug-likeness (QED) is 0.649. The smallest absolute Gasteiger partial charge is 0.317 e. The standard InChI is InChI=1S/C21H23N3O2S/c1-16(19-9-6-12-27-19)24(2)21(25)23-14-18-10-11-22-20(13-18)26-15-17-7-4-3-5-8-17/h3-13,16H,14-15H2,1-2H3,(H,23,25). The van der Waals surface area contributed by atoms with E-state index in [1.54, 1.807) is 29.5 Å². The van der Waals surface area contributed by atoms with Crippen molar-refractivity contribution in [2.45, 2.75) is 26.1 Å². The summed E-state index contributed by atoms with van der Waals surface area (Å²) in [6, 6.07) is 17.6. The summed E-state index contributed by atoms with van der Waals surface area (Å²) in [6.45, 7) is 2.91. The van der Waals surface area contributed by atoms with Crippen molar-refractivity contribution in [1.82, 2.24) is 15.2 Å². The summed E-state index contributed by atoms with van der Waals surface area (Å²) < 4.78 is 5.74. The number of rotatable bonds is 7. The Morgan fingerprint density at radius 3 is 2.74 bits per heavy atom. The highest BCUT2D eigenvalue weighted by Gasteiger charge is 2.17. The van der Waals surface area contributed by atoms with Crippen LogP contribution in [0.4, 0.5) is 4.79 Å². The lowest BCUT2D eigenvalue weighted by molar-refractivity contribution is 0.194. The van der Waals surface area contributed by atoms with Gasteiger partial charge in [-0.25, -0.2) is 9.78 Å². The summed E-state index contributed by atoms with van der Waals surface area (Å²) in [5.74, 6) is 0.547. The lowest BCUT2D eigenvalue weighted by Crippen LogP contribution is -2.38. The van der Waals surface area contributed by atoms with Gasteiger partial charge in [0.2, 0.25) is 5.88 Å². The highest BCUT2D eigenvalue weighted by atomic mass is 32.1. The number of thiophene rings is 1. The molecule has 1 atom stereocenters. The molecule has 2 amide bonds. The van der Waals surface area contributed by atoms with Crippen molar-refractivity contribution in [3.8, 4) is 5.88 Å². The van der Waals surface area contributed by atoms with Gasteiger partial charge in [0.25, 0.3) is 0 Å². The van der Waals surface area contributed by atoms with Gasteiger partial charge in [0.15, 0.2) is 0 Å². The van der Waals surface area contributed by atoms with Gasteiger partial charge in [0.05, 0.1) is 6.04 Å². The van der Waals surface area contributed by atoms with E-state index in [1.165, 1.54) is 0 Å². The van der Waals surface area contributed by atoms with E-state index in [0.717, 1.165) is 16.0 Å². The predicted molar refractivity (Wildman–Crippen MR) is 108 cm³/mol. The number of hydrogen-bond donors (Lipinski definition) is 1. The zero-order chi connectivity index (χ0) is 19.1. The second kappa shape index (κ2) is 9.19. The molecule has 0 aliphatic heterocycles. The Hall–Kier alpha value is -2.86. The minimum absolute atomic E-state index is 0.0345. The van der Waals surface area contributed by atoms with Gasteiger partial charge in [-0.1, -0.05) is 36.4 Å². The summed E-state index contributed by atoms with van der Waals surface area (Å²) in [6.07, 6.45) is 1.69. The van der Waals surface area contributed by atoms with E-state index in [4.69, 9.17) is 4.74 Å². The third-order valence-corrected chi connectivity index (χ3v) is 5.37. The summed E-state index contributed by atoms with van der Waals surface area (Å²) in [4.78, 5) is 19.5. The normalized spacial score (nSPS) is 11.6. The van der Waals surface area contributed by atoms with E-state index in [1.807, 2.05) is 66.9 Å². The molecule has 3 aromatic rings. The van der Waals surface area contributed by atoms with E-state index in [0.29, 0.717) is 19.0 Å². The Balaban J connectivity index is 1.52. The van der Waals surface area contributed by atoms with E-state index >= 15 is 0 Å². The molecule has 0 spiro atoms. The SMILES string of the molecule is CC(c1cccs1)N(C)C(=O)NCc1ccnc(OCc2ccccc2)c1. The van der Waals surface area contributed by atoms with Crippen molar-refractivity contribution >= 4 is 17.4 Å². The van der Waals surface area contributed by atoms with Gasteiger partial charge in [-0.3, -0.25) is 0 Å². The van der Waals surface area contributed by atoms with Crippen molar-refractivity contribution in [2.75, 3.05) is 7.05 Å². The number of amides is 2. The van der Waals surface area contributed by atoms with Gasteiger partial charge in [-0.05, 0) is 35.6 Å². The minimum atomic E-state index is -0.112. The summed E-state index contributed by atoms with van der Waals surface area (Å²) in [7, 11) is 1.81. The van der Waals surface area contributed by atoms with E-state index in [2.05, 4.69) is 10.3 Å². The van der Waals surface area contributed by atoms with Crippen LogP contribution < -0.4 is 10.1 Å². The molecule has 0 aliphatic carbocycles. The Bertz CT molecular complexity index is 853. The molecular formula is C21H23N3O2S. The topological polar surface area (TPSA) is 54.5 Å². The van der Waals surface area contributed by atoms with E-state index in [-0.39, 0.29) is 12.1 Å².